The molecule has 3 rings (SSSR count). The molecule has 0 radical (unpaired) electrons. The fourth-order valence-electron chi connectivity index (χ4n) is 2.62. The molecule has 0 saturated carbocycles. The van der Waals surface area contributed by atoms with Gasteiger partial charge in [0.2, 0.25) is 0 Å². The van der Waals surface area contributed by atoms with Crippen LogP contribution in [-0.2, 0) is 4.74 Å². The summed E-state index contributed by atoms with van der Waals surface area (Å²) in [6.45, 7) is 3.15. The molecular weight excluding hydrogens is 280 g/mol. The van der Waals surface area contributed by atoms with Crippen molar-refractivity contribution in [2.24, 2.45) is 0 Å². The van der Waals surface area contributed by atoms with Crippen molar-refractivity contribution in [3.8, 4) is 0 Å². The standard InChI is InChI=1S/C12H18N4O5/c1-12(2)14-9-6(10(20)15-12)13-4-16(9)11-8(19)7(18)5(3-17)21-11/h4-5,7-8,11,14,17-19H,3H2,1-2H3,(H,15,20). The Bertz CT molecular complexity index is 572. The van der Waals surface area contributed by atoms with Gasteiger partial charge in [-0.2, -0.15) is 0 Å². The molecule has 5 N–H and O–H groups in total. The monoisotopic (exact) mass is 298 g/mol. The number of carbonyl (C=O) groups excluding carboxylic acids is 1. The molecule has 4 atom stereocenters. The lowest BCUT2D eigenvalue weighted by molar-refractivity contribution is -0.0520. The van der Waals surface area contributed by atoms with Crippen molar-refractivity contribution in [1.82, 2.24) is 14.9 Å². The van der Waals surface area contributed by atoms with E-state index in [4.69, 9.17) is 9.84 Å². The highest BCUT2D eigenvalue weighted by Gasteiger charge is 2.45. The van der Waals surface area contributed by atoms with Crippen LogP contribution in [0.1, 0.15) is 30.6 Å². The number of aliphatic hydroxyl groups excluding tert-OH is 3. The topological polar surface area (TPSA) is 129 Å². The van der Waals surface area contributed by atoms with Crippen LogP contribution >= 0.6 is 0 Å². The third-order valence-electron chi connectivity index (χ3n) is 3.66. The first kappa shape index (κ1) is 14.3. The van der Waals surface area contributed by atoms with Crippen LogP contribution in [0.15, 0.2) is 6.33 Å². The summed E-state index contributed by atoms with van der Waals surface area (Å²) in [4.78, 5) is 16.0. The van der Waals surface area contributed by atoms with Crippen LogP contribution in [0.4, 0.5) is 5.82 Å². The van der Waals surface area contributed by atoms with Gasteiger partial charge in [-0.1, -0.05) is 0 Å². The van der Waals surface area contributed by atoms with Crippen LogP contribution in [0, 0.1) is 0 Å². The predicted octanol–water partition coefficient (Wildman–Crippen LogP) is -1.61. The Kier molecular flexibility index (Phi) is 3.17. The number of carbonyl (C=O) groups is 1. The summed E-state index contributed by atoms with van der Waals surface area (Å²) in [5.41, 5.74) is -0.493. The molecule has 9 heteroatoms. The quantitative estimate of drug-likeness (QED) is 0.444. The maximum atomic E-state index is 12.0. The van der Waals surface area contributed by atoms with Gasteiger partial charge in [-0.05, 0) is 13.8 Å². The maximum absolute atomic E-state index is 12.0. The highest BCUT2D eigenvalue weighted by molar-refractivity contribution is 5.99. The molecule has 1 fully saturated rings. The molecule has 3 heterocycles. The third-order valence-corrected chi connectivity index (χ3v) is 3.66. The van der Waals surface area contributed by atoms with E-state index in [1.165, 1.54) is 10.9 Å². The van der Waals surface area contributed by atoms with E-state index < -0.39 is 36.8 Å². The Labute approximate surface area is 120 Å². The zero-order chi connectivity index (χ0) is 15.4. The first-order valence-corrected chi connectivity index (χ1v) is 6.64. The molecule has 9 nitrogen and oxygen atoms in total. The van der Waals surface area contributed by atoms with E-state index in [-0.39, 0.29) is 11.6 Å². The van der Waals surface area contributed by atoms with Gasteiger partial charge in [0.25, 0.3) is 5.91 Å². The number of nitrogens with one attached hydrogen (secondary N) is 2. The van der Waals surface area contributed by atoms with Gasteiger partial charge in [-0.25, -0.2) is 4.98 Å². The number of hydrogen-bond donors (Lipinski definition) is 5. The first-order valence-electron chi connectivity index (χ1n) is 6.64. The van der Waals surface area contributed by atoms with Gasteiger partial charge in [0.1, 0.15) is 29.8 Å². The second-order valence-corrected chi connectivity index (χ2v) is 5.78. The Hall–Kier alpha value is -1.68. The van der Waals surface area contributed by atoms with E-state index in [0.29, 0.717) is 5.82 Å². The minimum Gasteiger partial charge on any atom is -0.394 e. The predicted molar refractivity (Wildman–Crippen MR) is 70.4 cm³/mol. The molecule has 1 saturated heterocycles. The molecule has 4 unspecified atom stereocenters. The number of nitrogens with zero attached hydrogens (tertiary/aromatic N) is 2. The van der Waals surface area contributed by atoms with Gasteiger partial charge >= 0.3 is 0 Å². The minimum atomic E-state index is -1.23. The zero-order valence-electron chi connectivity index (χ0n) is 11.6. The fourth-order valence-corrected chi connectivity index (χ4v) is 2.62. The number of anilines is 1. The number of imidazole rings is 1. The molecule has 1 amide bonds. The smallest absolute Gasteiger partial charge is 0.275 e. The molecule has 1 aromatic rings. The maximum Gasteiger partial charge on any atom is 0.275 e. The molecule has 21 heavy (non-hydrogen) atoms. The molecule has 116 valence electrons. The van der Waals surface area contributed by atoms with E-state index in [0.717, 1.165) is 0 Å². The Morgan fingerprint density at radius 1 is 1.38 bits per heavy atom. The average molecular weight is 298 g/mol. The normalized spacial score (nSPS) is 34.2. The second kappa shape index (κ2) is 4.67. The average Bonchev–Trinajstić information content (AvgIpc) is 2.92. The van der Waals surface area contributed by atoms with Gasteiger partial charge in [0, 0.05) is 0 Å². The summed E-state index contributed by atoms with van der Waals surface area (Å²) in [5.74, 6) is 0.0674. The Morgan fingerprint density at radius 2 is 2.10 bits per heavy atom. The summed E-state index contributed by atoms with van der Waals surface area (Å²) in [6.07, 6.45) is -2.88. The minimum absolute atomic E-state index is 0.187. The lowest BCUT2D eigenvalue weighted by atomic mass is 10.1. The van der Waals surface area contributed by atoms with Crippen molar-refractivity contribution in [3.63, 3.8) is 0 Å². The van der Waals surface area contributed by atoms with E-state index >= 15 is 0 Å². The fraction of sp³-hybridized carbons (Fsp3) is 0.667. The molecule has 0 aliphatic carbocycles. The molecule has 0 bridgehead atoms. The molecular formula is C12H18N4O5. The molecule has 2 aliphatic heterocycles. The second-order valence-electron chi connectivity index (χ2n) is 5.78. The Morgan fingerprint density at radius 3 is 2.71 bits per heavy atom. The summed E-state index contributed by atoms with van der Waals surface area (Å²) >= 11 is 0. The van der Waals surface area contributed by atoms with Crippen LogP contribution in [0.3, 0.4) is 0 Å². The summed E-state index contributed by atoms with van der Waals surface area (Å²) in [6, 6.07) is 0. The number of hydrogen-bond acceptors (Lipinski definition) is 7. The summed E-state index contributed by atoms with van der Waals surface area (Å²) in [5, 5.41) is 34.8. The number of aromatic nitrogens is 2. The SMILES string of the molecule is CC1(C)NC(=O)c2ncn(C3OC(CO)C(O)C3O)c2N1. The number of amides is 1. The van der Waals surface area contributed by atoms with Crippen molar-refractivity contribution in [3.05, 3.63) is 12.0 Å². The lowest BCUT2D eigenvalue weighted by Gasteiger charge is -2.34. The van der Waals surface area contributed by atoms with Gasteiger partial charge in [-0.3, -0.25) is 9.36 Å². The lowest BCUT2D eigenvalue weighted by Crippen LogP contribution is -2.53. The Balaban J connectivity index is 1.97. The number of aliphatic hydroxyl groups is 3. The molecule has 1 aromatic heterocycles. The van der Waals surface area contributed by atoms with Crippen molar-refractivity contribution >= 4 is 11.7 Å². The van der Waals surface area contributed by atoms with Crippen molar-refractivity contribution in [2.75, 3.05) is 11.9 Å². The van der Waals surface area contributed by atoms with Crippen LogP contribution < -0.4 is 10.6 Å². The summed E-state index contributed by atoms with van der Waals surface area (Å²) < 4.78 is 6.91. The number of rotatable bonds is 2. The van der Waals surface area contributed by atoms with Gasteiger partial charge in [0.15, 0.2) is 11.9 Å². The highest BCUT2D eigenvalue weighted by Crippen LogP contribution is 2.34. The van der Waals surface area contributed by atoms with Crippen LogP contribution in [0.5, 0.6) is 0 Å². The summed E-state index contributed by atoms with van der Waals surface area (Å²) in [7, 11) is 0. The van der Waals surface area contributed by atoms with E-state index in [1.807, 2.05) is 0 Å². The zero-order valence-corrected chi connectivity index (χ0v) is 11.6. The number of fused-ring (bicyclic) bond motifs is 1. The van der Waals surface area contributed by atoms with Crippen LogP contribution in [0.2, 0.25) is 0 Å². The van der Waals surface area contributed by atoms with Gasteiger partial charge < -0.3 is 30.7 Å². The van der Waals surface area contributed by atoms with E-state index in [1.54, 1.807) is 13.8 Å². The van der Waals surface area contributed by atoms with E-state index in [9.17, 15) is 15.0 Å². The van der Waals surface area contributed by atoms with Gasteiger partial charge in [0.05, 0.1) is 12.9 Å². The number of ether oxygens (including phenoxy) is 1. The molecule has 2 aliphatic rings. The third kappa shape index (κ3) is 2.18. The largest absolute Gasteiger partial charge is 0.394 e. The van der Waals surface area contributed by atoms with Crippen LogP contribution in [-0.4, -0.2) is 61.4 Å². The van der Waals surface area contributed by atoms with Gasteiger partial charge in [-0.15, -0.1) is 0 Å². The first-order chi connectivity index (χ1) is 9.84. The highest BCUT2D eigenvalue weighted by atomic mass is 16.6. The van der Waals surface area contributed by atoms with Crippen molar-refractivity contribution < 1.29 is 24.9 Å². The van der Waals surface area contributed by atoms with Crippen molar-refractivity contribution in [1.29, 1.82) is 0 Å². The van der Waals surface area contributed by atoms with Crippen molar-refractivity contribution in [2.45, 2.75) is 44.1 Å². The van der Waals surface area contributed by atoms with E-state index in [2.05, 4.69) is 15.6 Å². The molecule has 0 spiro atoms. The molecule has 0 aromatic carbocycles. The van der Waals surface area contributed by atoms with Crippen LogP contribution in [0.25, 0.3) is 0 Å².